The minimum absolute atomic E-state index is 0.437. The van der Waals surface area contributed by atoms with E-state index in [1.807, 2.05) is 49.5 Å². The summed E-state index contributed by atoms with van der Waals surface area (Å²) < 4.78 is 5.26. The van der Waals surface area contributed by atoms with E-state index in [0.29, 0.717) is 12.3 Å². The van der Waals surface area contributed by atoms with Gasteiger partial charge in [-0.1, -0.05) is 42.0 Å². The van der Waals surface area contributed by atoms with Crippen LogP contribution in [0.4, 0.5) is 4.79 Å². The van der Waals surface area contributed by atoms with Crippen LogP contribution >= 0.6 is 0 Å². The van der Waals surface area contributed by atoms with Gasteiger partial charge in [0.25, 0.3) is 0 Å². The van der Waals surface area contributed by atoms with E-state index in [2.05, 4.69) is 15.5 Å². The van der Waals surface area contributed by atoms with Crippen LogP contribution in [-0.2, 0) is 6.54 Å². The maximum absolute atomic E-state index is 11.8. The van der Waals surface area contributed by atoms with Crippen LogP contribution in [0.5, 0.6) is 5.75 Å². The summed E-state index contributed by atoms with van der Waals surface area (Å²) in [6, 6.07) is 15.3. The molecule has 0 saturated carbocycles. The Labute approximate surface area is 134 Å². The summed E-state index contributed by atoms with van der Waals surface area (Å²) in [4.78, 5) is 11.8. The predicted molar refractivity (Wildman–Crippen MR) is 88.1 cm³/mol. The molecule has 0 atom stereocenters. The van der Waals surface area contributed by atoms with Crippen molar-refractivity contribution in [2.24, 2.45) is 0 Å². The molecule has 3 aromatic rings. The van der Waals surface area contributed by atoms with E-state index in [1.165, 1.54) is 5.56 Å². The number of nitrogens with zero attached hydrogens (tertiary/aromatic N) is 1. The summed E-state index contributed by atoms with van der Waals surface area (Å²) in [5.41, 5.74) is 4.21. The van der Waals surface area contributed by atoms with Crippen LogP contribution in [-0.4, -0.2) is 16.3 Å². The molecule has 5 heteroatoms. The standard InChI is InChI=1S/C18H17N3O2/c1-13-2-4-14(5-3-13)10-19-18(22)23-17-8-6-15(7-9-17)16-11-20-21-12-16/h2-9,11-12H,10H2,1H3,(H,19,22)(H,20,21). The number of aromatic amines is 1. The number of aromatic nitrogens is 2. The maximum atomic E-state index is 11.8. The van der Waals surface area contributed by atoms with Crippen LogP contribution in [0.1, 0.15) is 11.1 Å². The topological polar surface area (TPSA) is 67.0 Å². The average Bonchev–Trinajstić information content (AvgIpc) is 3.09. The minimum Gasteiger partial charge on any atom is -0.410 e. The Morgan fingerprint density at radius 3 is 2.48 bits per heavy atom. The average molecular weight is 307 g/mol. The molecule has 1 heterocycles. The lowest BCUT2D eigenvalue weighted by atomic mass is 10.1. The lowest BCUT2D eigenvalue weighted by Crippen LogP contribution is -2.26. The molecule has 5 nitrogen and oxygen atoms in total. The van der Waals surface area contributed by atoms with Gasteiger partial charge in [0.15, 0.2) is 0 Å². The van der Waals surface area contributed by atoms with E-state index in [9.17, 15) is 4.79 Å². The Morgan fingerprint density at radius 2 is 1.83 bits per heavy atom. The van der Waals surface area contributed by atoms with E-state index in [0.717, 1.165) is 16.7 Å². The highest BCUT2D eigenvalue weighted by molar-refractivity contribution is 5.71. The van der Waals surface area contributed by atoms with Crippen LogP contribution < -0.4 is 10.1 Å². The van der Waals surface area contributed by atoms with E-state index in [-0.39, 0.29) is 0 Å². The molecule has 0 saturated heterocycles. The van der Waals surface area contributed by atoms with E-state index >= 15 is 0 Å². The van der Waals surface area contributed by atoms with Crippen molar-refractivity contribution in [2.75, 3.05) is 0 Å². The molecule has 2 N–H and O–H groups in total. The second kappa shape index (κ2) is 6.79. The quantitative estimate of drug-likeness (QED) is 0.772. The molecule has 0 fully saturated rings. The largest absolute Gasteiger partial charge is 0.412 e. The number of hydrogen-bond donors (Lipinski definition) is 2. The number of hydrogen-bond acceptors (Lipinski definition) is 3. The van der Waals surface area contributed by atoms with E-state index in [1.54, 1.807) is 18.3 Å². The summed E-state index contributed by atoms with van der Waals surface area (Å²) >= 11 is 0. The van der Waals surface area contributed by atoms with Crippen molar-refractivity contribution >= 4 is 6.09 Å². The van der Waals surface area contributed by atoms with Gasteiger partial charge in [-0.3, -0.25) is 5.10 Å². The molecular weight excluding hydrogens is 290 g/mol. The van der Waals surface area contributed by atoms with Gasteiger partial charge in [0, 0.05) is 18.3 Å². The van der Waals surface area contributed by atoms with Gasteiger partial charge in [0.1, 0.15) is 5.75 Å². The molecule has 0 aliphatic carbocycles. The van der Waals surface area contributed by atoms with Crippen molar-refractivity contribution in [3.63, 3.8) is 0 Å². The van der Waals surface area contributed by atoms with Crippen molar-refractivity contribution in [1.29, 1.82) is 0 Å². The smallest absolute Gasteiger partial charge is 0.410 e. The second-order valence-electron chi connectivity index (χ2n) is 5.24. The summed E-state index contributed by atoms with van der Waals surface area (Å²) in [5.74, 6) is 0.499. The van der Waals surface area contributed by atoms with Gasteiger partial charge < -0.3 is 10.1 Å². The Hall–Kier alpha value is -3.08. The summed E-state index contributed by atoms with van der Waals surface area (Å²) in [7, 11) is 0. The number of H-pyrrole nitrogens is 1. The second-order valence-corrected chi connectivity index (χ2v) is 5.24. The molecule has 23 heavy (non-hydrogen) atoms. The number of carbonyl (C=O) groups is 1. The summed E-state index contributed by atoms with van der Waals surface area (Å²) in [6.45, 7) is 2.46. The zero-order chi connectivity index (χ0) is 16.1. The molecular formula is C18H17N3O2. The monoisotopic (exact) mass is 307 g/mol. The van der Waals surface area contributed by atoms with Crippen molar-refractivity contribution in [2.45, 2.75) is 13.5 Å². The van der Waals surface area contributed by atoms with Crippen molar-refractivity contribution in [3.8, 4) is 16.9 Å². The highest BCUT2D eigenvalue weighted by Crippen LogP contribution is 2.21. The predicted octanol–water partition coefficient (Wildman–Crippen LogP) is 3.67. The first kappa shape index (κ1) is 14.8. The first-order chi connectivity index (χ1) is 11.2. The first-order valence-corrected chi connectivity index (χ1v) is 7.31. The SMILES string of the molecule is Cc1ccc(CNC(=O)Oc2ccc(-c3cn[nH]c3)cc2)cc1. The molecule has 1 amide bonds. The zero-order valence-corrected chi connectivity index (χ0v) is 12.7. The van der Waals surface area contributed by atoms with E-state index < -0.39 is 6.09 Å². The van der Waals surface area contributed by atoms with Crippen LogP contribution in [0.2, 0.25) is 0 Å². The summed E-state index contributed by atoms with van der Waals surface area (Å²) in [5, 5.41) is 9.41. The van der Waals surface area contributed by atoms with Gasteiger partial charge in [0.05, 0.1) is 6.20 Å². The Balaban J connectivity index is 1.54. The maximum Gasteiger partial charge on any atom is 0.412 e. The summed E-state index contributed by atoms with van der Waals surface area (Å²) in [6.07, 6.45) is 3.08. The number of aryl methyl sites for hydroxylation is 1. The van der Waals surface area contributed by atoms with Gasteiger partial charge >= 0.3 is 6.09 Å². The molecule has 1 aromatic heterocycles. The van der Waals surface area contributed by atoms with Crippen LogP contribution in [0.15, 0.2) is 60.9 Å². The molecule has 0 aliphatic heterocycles. The molecule has 0 spiro atoms. The van der Waals surface area contributed by atoms with Gasteiger partial charge in [-0.25, -0.2) is 4.79 Å². The highest BCUT2D eigenvalue weighted by atomic mass is 16.5. The van der Waals surface area contributed by atoms with E-state index in [4.69, 9.17) is 4.74 Å². The van der Waals surface area contributed by atoms with Crippen LogP contribution in [0.25, 0.3) is 11.1 Å². The fourth-order valence-electron chi connectivity index (χ4n) is 2.15. The molecule has 116 valence electrons. The number of nitrogens with one attached hydrogen (secondary N) is 2. The number of amides is 1. The third-order valence-electron chi connectivity index (χ3n) is 3.45. The number of rotatable bonds is 4. The van der Waals surface area contributed by atoms with Crippen LogP contribution in [0.3, 0.4) is 0 Å². The van der Waals surface area contributed by atoms with Crippen molar-refractivity contribution in [1.82, 2.24) is 15.5 Å². The molecule has 3 rings (SSSR count). The first-order valence-electron chi connectivity index (χ1n) is 7.31. The molecule has 0 aliphatic rings. The lowest BCUT2D eigenvalue weighted by Gasteiger charge is -2.07. The molecule has 0 radical (unpaired) electrons. The molecule has 2 aromatic carbocycles. The van der Waals surface area contributed by atoms with Crippen LogP contribution in [0, 0.1) is 6.92 Å². The number of carbonyl (C=O) groups excluding carboxylic acids is 1. The third-order valence-corrected chi connectivity index (χ3v) is 3.45. The number of ether oxygens (including phenoxy) is 1. The lowest BCUT2D eigenvalue weighted by molar-refractivity contribution is 0.200. The minimum atomic E-state index is -0.471. The highest BCUT2D eigenvalue weighted by Gasteiger charge is 2.05. The van der Waals surface area contributed by atoms with Gasteiger partial charge in [-0.2, -0.15) is 5.10 Å². The Bertz CT molecular complexity index is 763. The fourth-order valence-corrected chi connectivity index (χ4v) is 2.15. The Kier molecular flexibility index (Phi) is 4.38. The zero-order valence-electron chi connectivity index (χ0n) is 12.7. The number of benzene rings is 2. The van der Waals surface area contributed by atoms with Crippen molar-refractivity contribution in [3.05, 3.63) is 72.1 Å². The Morgan fingerprint density at radius 1 is 1.09 bits per heavy atom. The van der Waals surface area contributed by atoms with Gasteiger partial charge in [-0.15, -0.1) is 0 Å². The normalized spacial score (nSPS) is 10.3. The van der Waals surface area contributed by atoms with Crippen molar-refractivity contribution < 1.29 is 9.53 Å². The molecule has 0 unspecified atom stereocenters. The van der Waals surface area contributed by atoms with Gasteiger partial charge in [-0.05, 0) is 30.2 Å². The third kappa shape index (κ3) is 3.97. The molecule has 0 bridgehead atoms. The van der Waals surface area contributed by atoms with Gasteiger partial charge in [0.2, 0.25) is 0 Å². The fraction of sp³-hybridized carbons (Fsp3) is 0.111.